The van der Waals surface area contributed by atoms with E-state index in [1.54, 1.807) is 42.4 Å². The van der Waals surface area contributed by atoms with Gasteiger partial charge in [0.2, 0.25) is 0 Å². The van der Waals surface area contributed by atoms with Crippen molar-refractivity contribution in [2.75, 3.05) is 40.4 Å². The van der Waals surface area contributed by atoms with Crippen molar-refractivity contribution in [1.29, 1.82) is 0 Å². The van der Waals surface area contributed by atoms with Gasteiger partial charge in [0.15, 0.2) is 6.61 Å². The zero-order chi connectivity index (χ0) is 27.4. The number of β-amino-alcohol motifs (C(OH)–C–C–N with tert-alkyl or cyclic N) is 1. The molecule has 0 bridgehead atoms. The van der Waals surface area contributed by atoms with E-state index in [0.717, 1.165) is 29.3 Å². The molecule has 1 aromatic heterocycles. The van der Waals surface area contributed by atoms with Gasteiger partial charge in [0.1, 0.15) is 11.3 Å². The first-order chi connectivity index (χ1) is 18.9. The Labute approximate surface area is 229 Å². The first-order valence-corrected chi connectivity index (χ1v) is 13.8. The summed E-state index contributed by atoms with van der Waals surface area (Å²) in [5, 5.41) is 12.9. The van der Waals surface area contributed by atoms with Crippen molar-refractivity contribution in [2.24, 2.45) is 4.36 Å². The van der Waals surface area contributed by atoms with Crippen molar-refractivity contribution in [1.82, 2.24) is 14.8 Å². The van der Waals surface area contributed by atoms with Crippen LogP contribution < -0.4 is 4.74 Å². The van der Waals surface area contributed by atoms with E-state index in [4.69, 9.17) is 8.92 Å². The molecule has 1 aliphatic rings. The van der Waals surface area contributed by atoms with Crippen LogP contribution in [0.1, 0.15) is 18.0 Å². The second-order valence-electron chi connectivity index (χ2n) is 9.54. The van der Waals surface area contributed by atoms with E-state index >= 15 is 0 Å². The monoisotopic (exact) mass is 547 g/mol. The molecular formula is C29H31N4O5S-. The third-order valence-corrected chi connectivity index (χ3v) is 7.73. The van der Waals surface area contributed by atoms with Gasteiger partial charge in [0, 0.05) is 51.1 Å². The Morgan fingerprint density at radius 3 is 2.74 bits per heavy atom. The van der Waals surface area contributed by atoms with Gasteiger partial charge in [-0.05, 0) is 47.0 Å². The maximum Gasteiger partial charge on any atom is 0.260 e. The molecule has 39 heavy (non-hydrogen) atoms. The fraction of sp³-hybridized carbons (Fsp3) is 0.310. The normalized spacial score (nSPS) is 17.5. The average molecular weight is 548 g/mol. The lowest BCUT2D eigenvalue weighted by Crippen LogP contribution is -2.41. The number of aromatic nitrogens is 1. The van der Waals surface area contributed by atoms with Crippen LogP contribution >= 0.6 is 0 Å². The van der Waals surface area contributed by atoms with Crippen LogP contribution in [0.15, 0.2) is 77.3 Å². The van der Waals surface area contributed by atoms with Gasteiger partial charge in [-0.25, -0.2) is 0 Å². The molecule has 10 heteroatoms. The van der Waals surface area contributed by atoms with Crippen molar-refractivity contribution < 1.29 is 23.0 Å². The highest BCUT2D eigenvalue weighted by molar-refractivity contribution is 7.69. The summed E-state index contributed by atoms with van der Waals surface area (Å²) in [6.07, 6.45) is 2.00. The Morgan fingerprint density at radius 1 is 1.15 bits per heavy atom. The highest BCUT2D eigenvalue weighted by Gasteiger charge is 2.29. The van der Waals surface area contributed by atoms with Gasteiger partial charge in [-0.3, -0.25) is 14.7 Å². The lowest BCUT2D eigenvalue weighted by atomic mass is 9.97. The number of nitrogens with zero attached hydrogens (tertiary/aromatic N) is 4. The molecule has 5 rings (SSSR count). The van der Waals surface area contributed by atoms with E-state index in [0.29, 0.717) is 35.4 Å². The van der Waals surface area contributed by atoms with Crippen molar-refractivity contribution in [3.05, 3.63) is 78.5 Å². The van der Waals surface area contributed by atoms with E-state index in [9.17, 15) is 14.1 Å². The lowest BCUT2D eigenvalue weighted by Gasteiger charge is -2.33. The smallest absolute Gasteiger partial charge is 0.260 e. The molecule has 0 saturated carbocycles. The minimum atomic E-state index is -1.82. The fourth-order valence-corrected chi connectivity index (χ4v) is 5.45. The molecule has 3 aromatic carbocycles. The second-order valence-corrected chi connectivity index (χ2v) is 10.5. The number of carbonyl (C=O) groups is 1. The summed E-state index contributed by atoms with van der Waals surface area (Å²) in [4.78, 5) is 21.9. The van der Waals surface area contributed by atoms with Gasteiger partial charge in [-0.1, -0.05) is 53.3 Å². The summed E-state index contributed by atoms with van der Waals surface area (Å²) in [5.74, 6) is 0.241. The summed E-state index contributed by atoms with van der Waals surface area (Å²) in [5.41, 5.74) is 2.02. The number of benzene rings is 3. The zero-order valence-corrected chi connectivity index (χ0v) is 22.7. The number of aliphatic hydroxyl groups is 1. The molecule has 2 atom stereocenters. The Kier molecular flexibility index (Phi) is 8.37. The minimum absolute atomic E-state index is 0.188. The molecule has 1 aliphatic heterocycles. The summed E-state index contributed by atoms with van der Waals surface area (Å²) in [7, 11) is 1.29. The number of likely N-dealkylation sites (N-methyl/N-ethyl adjacent to an activating group) is 1. The molecule has 1 N–H and O–H groups in total. The highest BCUT2D eigenvalue weighted by atomic mass is 32.2. The largest absolute Gasteiger partial charge is 0.481 e. The molecule has 0 radical (unpaired) electrons. The van der Waals surface area contributed by atoms with Crippen molar-refractivity contribution in [2.45, 2.75) is 18.6 Å². The number of fused-ring (bicyclic) bond motifs is 2. The van der Waals surface area contributed by atoms with E-state index in [1.807, 2.05) is 18.2 Å². The van der Waals surface area contributed by atoms with Crippen LogP contribution in [0, 0.1) is 0 Å². The number of hydrogen-bond acceptors (Lipinski definition) is 9. The summed E-state index contributed by atoms with van der Waals surface area (Å²) in [6, 6.07) is 20.9. The van der Waals surface area contributed by atoms with Crippen molar-refractivity contribution in [3.8, 4) is 5.75 Å². The maximum absolute atomic E-state index is 13.5. The van der Waals surface area contributed by atoms with E-state index < -0.39 is 10.9 Å². The molecule has 1 amide bonds. The number of pyridine rings is 1. The molecule has 0 spiro atoms. The third kappa shape index (κ3) is 6.04. The number of amides is 1. The van der Waals surface area contributed by atoms with Crippen LogP contribution in [-0.2, 0) is 24.1 Å². The number of likely N-dealkylation sites (tertiary alicyclic amines) is 1. The molecule has 1 unspecified atom stereocenters. The van der Waals surface area contributed by atoms with Crippen LogP contribution in [-0.4, -0.2) is 72.3 Å². The first-order valence-electron chi connectivity index (χ1n) is 12.8. The van der Waals surface area contributed by atoms with E-state index in [-0.39, 0.29) is 24.7 Å². The quantitative estimate of drug-likeness (QED) is 0.310. The van der Waals surface area contributed by atoms with Gasteiger partial charge < -0.3 is 27.5 Å². The Balaban J connectivity index is 1.40. The number of ether oxygens (including phenoxy) is 1. The van der Waals surface area contributed by atoms with Gasteiger partial charge >= 0.3 is 0 Å². The third-order valence-electron chi connectivity index (χ3n) is 7.10. The highest BCUT2D eigenvalue weighted by Crippen LogP contribution is 2.33. The van der Waals surface area contributed by atoms with Gasteiger partial charge in [0.05, 0.1) is 12.1 Å². The first kappa shape index (κ1) is 27.0. The van der Waals surface area contributed by atoms with E-state index in [1.165, 1.54) is 7.11 Å². The maximum atomic E-state index is 13.5. The van der Waals surface area contributed by atoms with Gasteiger partial charge in [-0.15, -0.1) is 0 Å². The Morgan fingerprint density at radius 2 is 1.95 bits per heavy atom. The summed E-state index contributed by atoms with van der Waals surface area (Å²) >= 11 is 0. The molecule has 204 valence electrons. The van der Waals surface area contributed by atoms with E-state index in [2.05, 4.69) is 38.5 Å². The minimum Gasteiger partial charge on any atom is -0.481 e. The Bertz CT molecular complexity index is 1570. The predicted octanol–water partition coefficient (Wildman–Crippen LogP) is 4.37. The summed E-state index contributed by atoms with van der Waals surface area (Å²) in [6.45, 7) is 1.78. The van der Waals surface area contributed by atoms with Crippen LogP contribution in [0.25, 0.3) is 21.7 Å². The summed E-state index contributed by atoms with van der Waals surface area (Å²) < 4.78 is 26.6. The SMILES string of the molecule is CO[S-](=O)=Nc1ccc(OCC(=O)N(C)C(CN2CC[C@H](O)C2)c2cccc3ccccc23)c2ncccc12. The molecule has 1 saturated heterocycles. The Hall–Kier alpha value is -3.57. The molecular weight excluding hydrogens is 516 g/mol. The number of aliphatic hydroxyl groups excluding tert-OH is 1. The number of hydrogen-bond donors (Lipinski definition) is 1. The molecule has 0 aliphatic carbocycles. The molecule has 9 nitrogen and oxygen atoms in total. The van der Waals surface area contributed by atoms with Gasteiger partial charge in [-0.2, -0.15) is 0 Å². The number of carbonyl (C=O) groups excluding carboxylic acids is 1. The topological polar surface area (TPSA) is 105 Å². The molecule has 2 heterocycles. The van der Waals surface area contributed by atoms with Crippen molar-refractivity contribution in [3.63, 3.8) is 0 Å². The zero-order valence-electron chi connectivity index (χ0n) is 21.9. The number of rotatable bonds is 9. The standard InChI is InChI=1S/C29H31N4O5S/c1-32(26(18-33-16-14-21(34)17-33)23-10-5-8-20-7-3-4-9-22(20)23)28(35)19-38-27-13-12-25(31-39(36)37-2)24-11-6-15-30-29(24)27/h3-13,15,21,26,34H,14,16-19H2,1-2H3/q-1/t21-,26?/m0/s1. The molecule has 4 aromatic rings. The van der Waals surface area contributed by atoms with Crippen LogP contribution in [0.3, 0.4) is 0 Å². The van der Waals surface area contributed by atoms with Gasteiger partial charge in [0.25, 0.3) is 5.91 Å². The van der Waals surface area contributed by atoms with Crippen molar-refractivity contribution >= 4 is 44.1 Å². The molecule has 1 fully saturated rings. The predicted molar refractivity (Wildman–Crippen MR) is 151 cm³/mol. The van der Waals surface area contributed by atoms with Crippen LogP contribution in [0.5, 0.6) is 5.75 Å². The second kappa shape index (κ2) is 12.1. The average Bonchev–Trinajstić information content (AvgIpc) is 3.39. The lowest BCUT2D eigenvalue weighted by molar-refractivity contribution is -0.134. The van der Waals surface area contributed by atoms with Crippen LogP contribution in [0.4, 0.5) is 5.69 Å². The fourth-order valence-electron chi connectivity index (χ4n) is 5.05. The van der Waals surface area contributed by atoms with Crippen LogP contribution in [0.2, 0.25) is 0 Å².